The average Bonchev–Trinajstić information content (AvgIpc) is 3.50. The number of thiophene rings is 1. The van der Waals surface area contributed by atoms with Crippen LogP contribution in [0.5, 0.6) is 11.5 Å². The zero-order chi connectivity index (χ0) is 22.8. The quantitative estimate of drug-likeness (QED) is 0.299. The number of hydrogen-bond donors (Lipinski definition) is 0. The maximum Gasteiger partial charge on any atom is 0.198 e. The summed E-state index contributed by atoms with van der Waals surface area (Å²) in [6.45, 7) is 1.55. The lowest BCUT2D eigenvalue weighted by Crippen LogP contribution is -2.37. The van der Waals surface area contributed by atoms with Gasteiger partial charge < -0.3 is 4.74 Å². The van der Waals surface area contributed by atoms with Gasteiger partial charge in [0.05, 0.1) is 5.69 Å². The first kappa shape index (κ1) is 21.2. The van der Waals surface area contributed by atoms with Gasteiger partial charge >= 0.3 is 0 Å². The van der Waals surface area contributed by atoms with Crippen LogP contribution in [0, 0.1) is 0 Å². The standard InChI is InChI=1S/C26H20ClN3O2S/c1-18(31)25-28-30(21-6-3-2-4-7-21)26(24-8-5-17-33-24)29(25)20-11-15-23(16-12-20)32-22-13-9-19(27)10-14-22/h2-17,26H,1H3/t26-/m1/s1. The van der Waals surface area contributed by atoms with Gasteiger partial charge in [-0.05, 0) is 72.1 Å². The van der Waals surface area contributed by atoms with E-state index in [0.717, 1.165) is 16.3 Å². The van der Waals surface area contributed by atoms with Crippen molar-refractivity contribution >= 4 is 45.9 Å². The Labute approximate surface area is 201 Å². The van der Waals surface area contributed by atoms with Gasteiger partial charge in [0.25, 0.3) is 0 Å². The highest BCUT2D eigenvalue weighted by Gasteiger charge is 2.39. The number of benzene rings is 3. The molecule has 0 unspecified atom stereocenters. The molecule has 3 aromatic carbocycles. The van der Waals surface area contributed by atoms with E-state index in [0.29, 0.717) is 22.4 Å². The predicted octanol–water partition coefficient (Wildman–Crippen LogP) is 7.12. The molecule has 4 aromatic rings. The van der Waals surface area contributed by atoms with Crippen molar-refractivity contribution in [2.24, 2.45) is 5.10 Å². The van der Waals surface area contributed by atoms with E-state index in [1.165, 1.54) is 0 Å². The number of ketones is 1. The van der Waals surface area contributed by atoms with E-state index < -0.39 is 0 Å². The highest BCUT2D eigenvalue weighted by Crippen LogP contribution is 2.41. The molecule has 0 radical (unpaired) electrons. The predicted molar refractivity (Wildman–Crippen MR) is 135 cm³/mol. The minimum Gasteiger partial charge on any atom is -0.457 e. The molecule has 0 fully saturated rings. The topological polar surface area (TPSA) is 45.1 Å². The number of Topliss-reactive ketones (excluding diaryl/α,β-unsaturated/α-hetero) is 1. The molecule has 0 aliphatic carbocycles. The second-order valence-corrected chi connectivity index (χ2v) is 8.88. The van der Waals surface area contributed by atoms with Gasteiger partial charge in [-0.1, -0.05) is 35.9 Å². The van der Waals surface area contributed by atoms with Crippen LogP contribution in [0.3, 0.4) is 0 Å². The van der Waals surface area contributed by atoms with Crippen LogP contribution < -0.4 is 14.6 Å². The molecule has 164 valence electrons. The molecule has 2 heterocycles. The molecule has 0 spiro atoms. The second kappa shape index (κ2) is 9.10. The van der Waals surface area contributed by atoms with Crippen LogP contribution in [0.1, 0.15) is 18.0 Å². The number of carbonyl (C=O) groups is 1. The molecule has 1 aromatic heterocycles. The molecule has 33 heavy (non-hydrogen) atoms. The van der Waals surface area contributed by atoms with Crippen molar-refractivity contribution in [2.45, 2.75) is 13.1 Å². The van der Waals surface area contributed by atoms with Crippen molar-refractivity contribution in [2.75, 3.05) is 9.91 Å². The van der Waals surface area contributed by atoms with Crippen LogP contribution in [0.15, 0.2) is 101 Å². The number of hydrogen-bond acceptors (Lipinski definition) is 6. The fourth-order valence-electron chi connectivity index (χ4n) is 3.71. The third kappa shape index (κ3) is 4.35. The smallest absolute Gasteiger partial charge is 0.198 e. The Bertz CT molecular complexity index is 1270. The lowest BCUT2D eigenvalue weighted by molar-refractivity contribution is -0.111. The van der Waals surface area contributed by atoms with Gasteiger partial charge in [0.1, 0.15) is 11.5 Å². The molecule has 1 aliphatic heterocycles. The maximum atomic E-state index is 12.6. The maximum absolute atomic E-state index is 12.6. The van der Waals surface area contributed by atoms with Gasteiger partial charge in [0.2, 0.25) is 0 Å². The summed E-state index contributed by atoms with van der Waals surface area (Å²) >= 11 is 7.59. The van der Waals surface area contributed by atoms with Crippen molar-refractivity contribution in [3.8, 4) is 11.5 Å². The van der Waals surface area contributed by atoms with E-state index in [2.05, 4.69) is 6.07 Å². The molecule has 5 rings (SSSR count). The van der Waals surface area contributed by atoms with Gasteiger partial charge in [0, 0.05) is 22.5 Å². The van der Waals surface area contributed by atoms with Crippen LogP contribution >= 0.6 is 22.9 Å². The Morgan fingerprint density at radius 3 is 2.15 bits per heavy atom. The molecule has 0 N–H and O–H groups in total. The van der Waals surface area contributed by atoms with E-state index in [1.54, 1.807) is 30.4 Å². The first-order chi connectivity index (χ1) is 16.1. The summed E-state index contributed by atoms with van der Waals surface area (Å²) in [4.78, 5) is 15.7. The molecule has 0 saturated heterocycles. The third-order valence-electron chi connectivity index (χ3n) is 5.20. The number of nitrogens with zero attached hydrogens (tertiary/aromatic N) is 3. The first-order valence-electron chi connectivity index (χ1n) is 10.4. The summed E-state index contributed by atoms with van der Waals surface area (Å²) in [7, 11) is 0. The largest absolute Gasteiger partial charge is 0.457 e. The van der Waals surface area contributed by atoms with Gasteiger partial charge in [-0.15, -0.1) is 16.4 Å². The lowest BCUT2D eigenvalue weighted by atomic mass is 10.2. The molecule has 0 amide bonds. The molecular weight excluding hydrogens is 454 g/mol. The Morgan fingerprint density at radius 1 is 0.879 bits per heavy atom. The first-order valence-corrected chi connectivity index (χ1v) is 11.7. The molecule has 1 aliphatic rings. The van der Waals surface area contributed by atoms with E-state index >= 15 is 0 Å². The van der Waals surface area contributed by atoms with Crippen molar-refractivity contribution in [3.63, 3.8) is 0 Å². The monoisotopic (exact) mass is 473 g/mol. The SMILES string of the molecule is CC(=O)C1=NN(c2ccccc2)[C@H](c2cccs2)N1c1ccc(Oc2ccc(Cl)cc2)cc1. The van der Waals surface area contributed by atoms with E-state index in [1.807, 2.05) is 88.1 Å². The fourth-order valence-corrected chi connectivity index (χ4v) is 4.64. The minimum atomic E-state index is -0.269. The minimum absolute atomic E-state index is 0.100. The van der Waals surface area contributed by atoms with Crippen LogP contribution in [0.25, 0.3) is 0 Å². The number of rotatable bonds is 6. The number of para-hydroxylation sites is 1. The summed E-state index contributed by atoms with van der Waals surface area (Å²) in [5, 5.41) is 9.34. The summed E-state index contributed by atoms with van der Waals surface area (Å²) in [5.74, 6) is 1.68. The van der Waals surface area contributed by atoms with E-state index in [-0.39, 0.29) is 11.9 Å². The van der Waals surface area contributed by atoms with Crippen molar-refractivity contribution in [3.05, 3.63) is 106 Å². The van der Waals surface area contributed by atoms with E-state index in [9.17, 15) is 4.79 Å². The summed E-state index contributed by atoms with van der Waals surface area (Å²) < 4.78 is 5.93. The van der Waals surface area contributed by atoms with Gasteiger partial charge in [-0.25, -0.2) is 5.01 Å². The van der Waals surface area contributed by atoms with Crippen molar-refractivity contribution in [1.82, 2.24) is 0 Å². The zero-order valence-corrected chi connectivity index (χ0v) is 19.3. The van der Waals surface area contributed by atoms with Crippen molar-refractivity contribution in [1.29, 1.82) is 0 Å². The number of carbonyl (C=O) groups excluding carboxylic acids is 1. The average molecular weight is 474 g/mol. The van der Waals surface area contributed by atoms with E-state index in [4.69, 9.17) is 21.4 Å². The molecule has 0 bridgehead atoms. The summed E-state index contributed by atoms with van der Waals surface area (Å²) in [6.07, 6.45) is -0.269. The zero-order valence-electron chi connectivity index (χ0n) is 17.8. The number of ether oxygens (including phenoxy) is 1. The number of hydrazone groups is 1. The molecule has 7 heteroatoms. The lowest BCUT2D eigenvalue weighted by Gasteiger charge is -2.31. The summed E-state index contributed by atoms with van der Waals surface area (Å²) in [5.41, 5.74) is 1.77. The molecule has 1 atom stereocenters. The van der Waals surface area contributed by atoms with Crippen LogP contribution in [0.4, 0.5) is 11.4 Å². The fraction of sp³-hybridized carbons (Fsp3) is 0.0769. The van der Waals surface area contributed by atoms with Crippen LogP contribution in [-0.4, -0.2) is 11.6 Å². The van der Waals surface area contributed by atoms with Crippen LogP contribution in [-0.2, 0) is 4.79 Å². The van der Waals surface area contributed by atoms with Gasteiger partial charge in [-0.2, -0.15) is 0 Å². The highest BCUT2D eigenvalue weighted by atomic mass is 35.5. The van der Waals surface area contributed by atoms with Gasteiger partial charge in [0.15, 0.2) is 17.8 Å². The third-order valence-corrected chi connectivity index (χ3v) is 6.37. The second-order valence-electron chi connectivity index (χ2n) is 7.47. The normalized spacial score (nSPS) is 15.5. The summed E-state index contributed by atoms with van der Waals surface area (Å²) in [6, 6.07) is 28.8. The number of anilines is 2. The Morgan fingerprint density at radius 2 is 1.55 bits per heavy atom. The number of amidine groups is 1. The number of halogens is 1. The Balaban J connectivity index is 1.51. The van der Waals surface area contributed by atoms with Gasteiger partial charge in [-0.3, -0.25) is 9.69 Å². The highest BCUT2D eigenvalue weighted by molar-refractivity contribution is 7.10. The molecular formula is C26H20ClN3O2S. The van der Waals surface area contributed by atoms with Crippen molar-refractivity contribution < 1.29 is 9.53 Å². The molecule has 0 saturated carbocycles. The van der Waals surface area contributed by atoms with Crippen LogP contribution in [0.2, 0.25) is 5.02 Å². The Kier molecular flexibility index (Phi) is 5.86. The molecule has 5 nitrogen and oxygen atoms in total. The Hall–Kier alpha value is -3.61.